The van der Waals surface area contributed by atoms with Gasteiger partial charge >= 0.3 is 0 Å². The Labute approximate surface area is 161 Å². The molecular formula is C17H19Br2FN2OS. The Hall–Kier alpha value is -0.630. The summed E-state index contributed by atoms with van der Waals surface area (Å²) in [6, 6.07) is 10.3. The van der Waals surface area contributed by atoms with Crippen LogP contribution in [0.2, 0.25) is 0 Å². The lowest BCUT2D eigenvalue weighted by Crippen LogP contribution is -2.34. The van der Waals surface area contributed by atoms with Crippen LogP contribution in [0.15, 0.2) is 45.5 Å². The molecule has 7 heteroatoms. The van der Waals surface area contributed by atoms with Crippen molar-refractivity contribution >= 4 is 42.8 Å². The molecule has 1 aromatic heterocycles. The second-order valence-corrected chi connectivity index (χ2v) is 9.66. The van der Waals surface area contributed by atoms with Crippen LogP contribution in [0, 0.1) is 5.82 Å². The summed E-state index contributed by atoms with van der Waals surface area (Å²) in [5.41, 5.74) is 1.71. The highest BCUT2D eigenvalue weighted by Crippen LogP contribution is 2.35. The highest BCUT2D eigenvalue weighted by Gasteiger charge is 2.30. The van der Waals surface area contributed by atoms with Crippen molar-refractivity contribution < 1.29 is 8.60 Å². The fourth-order valence-corrected chi connectivity index (χ4v) is 3.84. The molecule has 2 N–H and O–H groups in total. The maximum Gasteiger partial charge on any atom is 0.123 e. The second kappa shape index (κ2) is 8.17. The molecule has 24 heavy (non-hydrogen) atoms. The number of nitrogens with zero attached hydrogens (tertiary/aromatic N) is 1. The zero-order chi connectivity index (χ0) is 17.9. The third-order valence-corrected chi connectivity index (χ3v) is 6.25. The average molecular weight is 478 g/mol. The Balaban J connectivity index is 2.41. The SMILES string of the molecule is CC(C)(C[C@H](Cc1cccc(F)c1)c1nc(Br)ccc1Br)S(N)=O. The Morgan fingerprint density at radius 3 is 2.62 bits per heavy atom. The van der Waals surface area contributed by atoms with Crippen LogP contribution < -0.4 is 5.14 Å². The highest BCUT2D eigenvalue weighted by atomic mass is 79.9. The minimum absolute atomic E-state index is 0.0545. The van der Waals surface area contributed by atoms with Gasteiger partial charge in [0, 0.05) is 10.4 Å². The number of rotatable bonds is 6. The number of pyridine rings is 1. The Morgan fingerprint density at radius 1 is 1.29 bits per heavy atom. The molecule has 0 spiro atoms. The van der Waals surface area contributed by atoms with E-state index in [4.69, 9.17) is 5.14 Å². The van der Waals surface area contributed by atoms with Crippen molar-refractivity contribution in [2.75, 3.05) is 0 Å². The van der Waals surface area contributed by atoms with Crippen molar-refractivity contribution in [2.24, 2.45) is 5.14 Å². The molecule has 0 bridgehead atoms. The molecule has 130 valence electrons. The largest absolute Gasteiger partial charge is 0.251 e. The lowest BCUT2D eigenvalue weighted by molar-refractivity contribution is 0.504. The molecule has 0 aliphatic rings. The van der Waals surface area contributed by atoms with E-state index in [0.29, 0.717) is 12.8 Å². The Morgan fingerprint density at radius 2 is 2.00 bits per heavy atom. The fourth-order valence-electron chi connectivity index (χ4n) is 2.61. The molecule has 0 radical (unpaired) electrons. The lowest BCUT2D eigenvalue weighted by Gasteiger charge is -2.28. The standard InChI is InChI=1S/C17H19Br2FN2OS/c1-17(2,24(21)23)10-12(8-11-4-3-5-13(20)9-11)16-14(18)6-7-15(19)22-16/h3-7,9,12H,8,10,21H2,1-2H3/t12-,24?/m0/s1. The quantitative estimate of drug-likeness (QED) is 0.603. The van der Waals surface area contributed by atoms with Gasteiger partial charge in [0.25, 0.3) is 0 Å². The van der Waals surface area contributed by atoms with Crippen molar-refractivity contribution in [1.29, 1.82) is 0 Å². The first kappa shape index (κ1) is 19.7. The predicted octanol–water partition coefficient (Wildman–Crippen LogP) is 4.86. The molecule has 1 unspecified atom stereocenters. The maximum atomic E-state index is 13.5. The molecule has 1 heterocycles. The monoisotopic (exact) mass is 476 g/mol. The third kappa shape index (κ3) is 5.18. The van der Waals surface area contributed by atoms with Gasteiger partial charge in [0.15, 0.2) is 0 Å². The molecule has 3 nitrogen and oxygen atoms in total. The van der Waals surface area contributed by atoms with Crippen LogP contribution in [0.4, 0.5) is 4.39 Å². The van der Waals surface area contributed by atoms with Crippen molar-refractivity contribution in [2.45, 2.75) is 37.4 Å². The fraction of sp³-hybridized carbons (Fsp3) is 0.353. The molecule has 0 aliphatic heterocycles. The van der Waals surface area contributed by atoms with E-state index >= 15 is 0 Å². The summed E-state index contributed by atoms with van der Waals surface area (Å²) in [7, 11) is -1.47. The van der Waals surface area contributed by atoms with Gasteiger partial charge in [-0.15, -0.1) is 0 Å². The molecular weight excluding hydrogens is 459 g/mol. The van der Waals surface area contributed by atoms with E-state index in [-0.39, 0.29) is 11.7 Å². The van der Waals surface area contributed by atoms with Crippen LogP contribution >= 0.6 is 31.9 Å². The van der Waals surface area contributed by atoms with E-state index in [0.717, 1.165) is 20.3 Å². The first-order valence-corrected chi connectivity index (χ1v) is 10.2. The molecule has 1 aromatic carbocycles. The van der Waals surface area contributed by atoms with Crippen LogP contribution in [-0.2, 0) is 17.4 Å². The van der Waals surface area contributed by atoms with Crippen molar-refractivity contribution in [1.82, 2.24) is 4.98 Å². The zero-order valence-corrected chi connectivity index (χ0v) is 17.4. The number of aromatic nitrogens is 1. The van der Waals surface area contributed by atoms with Gasteiger partial charge in [-0.25, -0.2) is 13.6 Å². The summed E-state index contributed by atoms with van der Waals surface area (Å²) in [5, 5.41) is 5.65. The average Bonchev–Trinajstić information content (AvgIpc) is 2.49. The van der Waals surface area contributed by atoms with Gasteiger partial charge < -0.3 is 0 Å². The lowest BCUT2D eigenvalue weighted by atomic mass is 9.87. The molecule has 2 rings (SSSR count). The Kier molecular flexibility index (Phi) is 6.70. The Bertz CT molecular complexity index is 755. The second-order valence-electron chi connectivity index (χ2n) is 6.29. The van der Waals surface area contributed by atoms with E-state index in [2.05, 4.69) is 36.8 Å². The van der Waals surface area contributed by atoms with Crippen LogP contribution in [0.5, 0.6) is 0 Å². The van der Waals surface area contributed by atoms with Crippen LogP contribution in [0.25, 0.3) is 0 Å². The van der Waals surface area contributed by atoms with Gasteiger partial charge in [0.2, 0.25) is 0 Å². The van der Waals surface area contributed by atoms with Crippen LogP contribution in [0.3, 0.4) is 0 Å². The molecule has 2 aromatic rings. The highest BCUT2D eigenvalue weighted by molar-refractivity contribution is 9.11. The molecule has 0 aliphatic carbocycles. The maximum absolute atomic E-state index is 13.5. The smallest absolute Gasteiger partial charge is 0.123 e. The summed E-state index contributed by atoms with van der Waals surface area (Å²) < 4.78 is 26.4. The molecule has 2 atom stereocenters. The topological polar surface area (TPSA) is 56.0 Å². The van der Waals surface area contributed by atoms with Gasteiger partial charge in [0.05, 0.1) is 21.4 Å². The van der Waals surface area contributed by atoms with Crippen LogP contribution in [0.1, 0.15) is 37.4 Å². The minimum atomic E-state index is -1.47. The van der Waals surface area contributed by atoms with Gasteiger partial charge in [-0.1, -0.05) is 12.1 Å². The first-order valence-electron chi connectivity index (χ1n) is 7.41. The summed E-state index contributed by atoms with van der Waals surface area (Å²) in [6.45, 7) is 3.74. The number of hydrogen-bond donors (Lipinski definition) is 1. The van der Waals surface area contributed by atoms with Crippen molar-refractivity contribution in [3.8, 4) is 0 Å². The summed E-state index contributed by atoms with van der Waals surface area (Å²) >= 11 is 6.93. The number of nitrogens with two attached hydrogens (primary N) is 1. The van der Waals surface area contributed by atoms with Gasteiger partial charge in [-0.3, -0.25) is 5.14 Å². The summed E-state index contributed by atoms with van der Waals surface area (Å²) in [6.07, 6.45) is 1.15. The van der Waals surface area contributed by atoms with E-state index in [1.165, 1.54) is 12.1 Å². The van der Waals surface area contributed by atoms with Gasteiger partial charge in [-0.2, -0.15) is 0 Å². The summed E-state index contributed by atoms with van der Waals surface area (Å²) in [5.74, 6) is -0.324. The first-order chi connectivity index (χ1) is 11.2. The van der Waals surface area contributed by atoms with Crippen molar-refractivity contribution in [3.05, 3.63) is 62.5 Å². The third-order valence-electron chi connectivity index (χ3n) is 3.88. The van der Waals surface area contributed by atoms with Crippen LogP contribution in [-0.4, -0.2) is 13.9 Å². The number of benzene rings is 1. The zero-order valence-electron chi connectivity index (χ0n) is 13.4. The minimum Gasteiger partial charge on any atom is -0.251 e. The normalized spacial score (nSPS) is 14.4. The van der Waals surface area contributed by atoms with Gasteiger partial charge in [0.1, 0.15) is 10.4 Å². The number of hydrogen-bond acceptors (Lipinski definition) is 2. The van der Waals surface area contributed by atoms with E-state index < -0.39 is 15.7 Å². The molecule has 0 saturated heterocycles. The summed E-state index contributed by atoms with van der Waals surface area (Å²) in [4.78, 5) is 4.57. The van der Waals surface area contributed by atoms with E-state index in [1.54, 1.807) is 6.07 Å². The predicted molar refractivity (Wildman–Crippen MR) is 104 cm³/mol. The van der Waals surface area contributed by atoms with E-state index in [1.807, 2.05) is 32.0 Å². The molecule has 0 amide bonds. The molecule has 0 saturated carbocycles. The van der Waals surface area contributed by atoms with E-state index in [9.17, 15) is 8.60 Å². The van der Waals surface area contributed by atoms with Crippen molar-refractivity contribution in [3.63, 3.8) is 0 Å². The van der Waals surface area contributed by atoms with Gasteiger partial charge in [-0.05, 0) is 88.4 Å². The number of halogens is 3. The molecule has 0 fully saturated rings.